The summed E-state index contributed by atoms with van der Waals surface area (Å²) in [5, 5.41) is 13.3. The van der Waals surface area contributed by atoms with Gasteiger partial charge < -0.3 is 19.9 Å². The van der Waals surface area contributed by atoms with Crippen molar-refractivity contribution in [3.63, 3.8) is 0 Å². The van der Waals surface area contributed by atoms with E-state index in [0.717, 1.165) is 33.6 Å². The number of nitrogens with one attached hydrogen (secondary N) is 1. The van der Waals surface area contributed by atoms with Crippen molar-refractivity contribution in [3.8, 4) is 11.5 Å². The zero-order valence-corrected chi connectivity index (χ0v) is 19.9. The van der Waals surface area contributed by atoms with Crippen LogP contribution in [0.15, 0.2) is 54.6 Å². The van der Waals surface area contributed by atoms with E-state index in [1.807, 2.05) is 51.1 Å². The molecule has 0 saturated heterocycles. The number of benzene rings is 3. The van der Waals surface area contributed by atoms with Crippen molar-refractivity contribution in [2.24, 2.45) is 0 Å². The molecule has 0 bridgehead atoms. The van der Waals surface area contributed by atoms with E-state index in [-0.39, 0.29) is 29.6 Å². The summed E-state index contributed by atoms with van der Waals surface area (Å²) in [6.07, 6.45) is 0.602. The molecule has 0 spiro atoms. The Labute approximate surface area is 199 Å². The van der Waals surface area contributed by atoms with E-state index in [2.05, 4.69) is 11.4 Å². The first kappa shape index (κ1) is 23.8. The van der Waals surface area contributed by atoms with Gasteiger partial charge in [0.25, 0.3) is 0 Å². The van der Waals surface area contributed by atoms with E-state index in [1.165, 1.54) is 13.2 Å². The molecule has 3 aromatic rings. The van der Waals surface area contributed by atoms with Gasteiger partial charge in [-0.2, -0.15) is 0 Å². The van der Waals surface area contributed by atoms with Crippen LogP contribution in [0.2, 0.25) is 0 Å². The minimum atomic E-state index is -0.904. The van der Waals surface area contributed by atoms with Gasteiger partial charge in [0.1, 0.15) is 11.9 Å². The zero-order chi connectivity index (χ0) is 24.4. The molecule has 34 heavy (non-hydrogen) atoms. The lowest BCUT2D eigenvalue weighted by atomic mass is 9.80. The van der Waals surface area contributed by atoms with Crippen LogP contribution in [-0.4, -0.2) is 30.8 Å². The van der Waals surface area contributed by atoms with Crippen LogP contribution in [0.1, 0.15) is 63.5 Å². The van der Waals surface area contributed by atoms with Crippen molar-refractivity contribution in [1.82, 2.24) is 5.32 Å². The Kier molecular flexibility index (Phi) is 6.89. The quantitative estimate of drug-likeness (QED) is 0.465. The number of methoxy groups -OCH3 is 1. The van der Waals surface area contributed by atoms with Crippen molar-refractivity contribution in [2.75, 3.05) is 13.7 Å². The number of ether oxygens (including phenoxy) is 2. The zero-order valence-electron chi connectivity index (χ0n) is 19.9. The van der Waals surface area contributed by atoms with Gasteiger partial charge in [0, 0.05) is 24.1 Å². The number of halogens is 1. The second kappa shape index (κ2) is 9.85. The highest BCUT2D eigenvalue weighted by Crippen LogP contribution is 2.42. The first-order valence-electron chi connectivity index (χ1n) is 11.5. The largest absolute Gasteiger partial charge is 0.494 e. The highest BCUT2D eigenvalue weighted by Gasteiger charge is 2.31. The predicted octanol–water partition coefficient (Wildman–Crippen LogP) is 5.78. The van der Waals surface area contributed by atoms with E-state index in [9.17, 15) is 14.3 Å². The number of aryl methyl sites for hydroxylation is 1. The summed E-state index contributed by atoms with van der Waals surface area (Å²) in [7, 11) is 1.45. The Bertz CT molecular complexity index is 1210. The van der Waals surface area contributed by atoms with E-state index in [0.29, 0.717) is 18.5 Å². The van der Waals surface area contributed by atoms with Gasteiger partial charge in [0.15, 0.2) is 11.6 Å². The monoisotopic (exact) mass is 463 g/mol. The van der Waals surface area contributed by atoms with Gasteiger partial charge in [0.2, 0.25) is 0 Å². The third kappa shape index (κ3) is 4.64. The molecule has 3 aromatic carbocycles. The van der Waals surface area contributed by atoms with E-state index in [1.54, 1.807) is 12.1 Å². The minimum Gasteiger partial charge on any atom is -0.494 e. The summed E-state index contributed by atoms with van der Waals surface area (Å²) in [4.78, 5) is 11.9. The highest BCUT2D eigenvalue weighted by molar-refractivity contribution is 5.91. The van der Waals surface area contributed by atoms with Crippen LogP contribution in [0.25, 0.3) is 0 Å². The number of carbonyl (C=O) groups is 1. The number of hydrogen-bond donors (Lipinski definition) is 2. The summed E-state index contributed by atoms with van der Waals surface area (Å²) in [6.45, 7) is 6.32. The van der Waals surface area contributed by atoms with Gasteiger partial charge in [-0.25, -0.2) is 9.18 Å². The summed E-state index contributed by atoms with van der Waals surface area (Å²) in [5.74, 6) is -0.227. The fourth-order valence-electron chi connectivity index (χ4n) is 4.85. The molecule has 4 rings (SSSR count). The maximum atomic E-state index is 13.8. The van der Waals surface area contributed by atoms with Crippen molar-refractivity contribution in [1.29, 1.82) is 0 Å². The standard InChI is InChI=1S/C28H30FNO4/c1-16-9-11-21(17(2)27(16)28(31)32)23-14-20(34-25-8-6-5-7-22(23)25)15-30-18(3)19-10-12-24(29)26(13-19)33-4/h5-13,18,20,23,30H,14-15H2,1-4H3,(H,31,32)/t18-,20?,23?/m1/s1. The number of carboxylic acid groups (broad SMARTS) is 1. The van der Waals surface area contributed by atoms with Crippen LogP contribution in [0.3, 0.4) is 0 Å². The fourth-order valence-corrected chi connectivity index (χ4v) is 4.85. The summed E-state index contributed by atoms with van der Waals surface area (Å²) < 4.78 is 25.2. The predicted molar refractivity (Wildman–Crippen MR) is 130 cm³/mol. The molecule has 3 atom stereocenters. The lowest BCUT2D eigenvalue weighted by Crippen LogP contribution is -2.37. The molecular weight excluding hydrogens is 433 g/mol. The minimum absolute atomic E-state index is 0.0247. The Morgan fingerprint density at radius 3 is 2.68 bits per heavy atom. The Balaban J connectivity index is 1.58. The number of para-hydroxylation sites is 1. The maximum absolute atomic E-state index is 13.8. The Morgan fingerprint density at radius 1 is 1.18 bits per heavy atom. The van der Waals surface area contributed by atoms with Crippen molar-refractivity contribution in [3.05, 3.63) is 93.8 Å². The summed E-state index contributed by atoms with van der Waals surface area (Å²) in [6, 6.07) is 16.7. The molecule has 2 unspecified atom stereocenters. The molecule has 0 amide bonds. The van der Waals surface area contributed by atoms with Gasteiger partial charge >= 0.3 is 5.97 Å². The molecule has 2 N–H and O–H groups in total. The van der Waals surface area contributed by atoms with Crippen LogP contribution >= 0.6 is 0 Å². The number of rotatable bonds is 7. The van der Waals surface area contributed by atoms with Gasteiger partial charge in [-0.3, -0.25) is 0 Å². The normalized spacial score (nSPS) is 18.0. The van der Waals surface area contributed by atoms with Crippen LogP contribution in [0, 0.1) is 19.7 Å². The lowest BCUT2D eigenvalue weighted by molar-refractivity contribution is 0.0695. The summed E-state index contributed by atoms with van der Waals surface area (Å²) in [5.41, 5.74) is 4.93. The molecule has 6 heteroatoms. The van der Waals surface area contributed by atoms with Crippen LogP contribution in [-0.2, 0) is 0 Å². The molecule has 1 heterocycles. The van der Waals surface area contributed by atoms with Gasteiger partial charge in [0.05, 0.1) is 12.7 Å². The molecule has 0 radical (unpaired) electrons. The number of hydrogen-bond acceptors (Lipinski definition) is 4. The first-order valence-corrected chi connectivity index (χ1v) is 11.5. The molecule has 0 fully saturated rings. The molecule has 0 aromatic heterocycles. The van der Waals surface area contributed by atoms with Crippen molar-refractivity contribution >= 4 is 5.97 Å². The smallest absolute Gasteiger partial charge is 0.336 e. The second-order valence-corrected chi connectivity index (χ2v) is 8.87. The molecule has 5 nitrogen and oxygen atoms in total. The highest BCUT2D eigenvalue weighted by atomic mass is 19.1. The third-order valence-corrected chi connectivity index (χ3v) is 6.72. The molecule has 1 aliphatic rings. The Morgan fingerprint density at radius 2 is 1.94 bits per heavy atom. The van der Waals surface area contributed by atoms with Crippen molar-refractivity contribution in [2.45, 2.75) is 45.3 Å². The summed E-state index contributed by atoms with van der Waals surface area (Å²) >= 11 is 0. The average Bonchev–Trinajstić information content (AvgIpc) is 2.82. The molecule has 178 valence electrons. The molecule has 1 aliphatic heterocycles. The van der Waals surface area contributed by atoms with E-state index >= 15 is 0 Å². The van der Waals surface area contributed by atoms with Crippen LogP contribution < -0.4 is 14.8 Å². The lowest BCUT2D eigenvalue weighted by Gasteiger charge is -2.34. The maximum Gasteiger partial charge on any atom is 0.336 e. The van der Waals surface area contributed by atoms with E-state index in [4.69, 9.17) is 9.47 Å². The topological polar surface area (TPSA) is 67.8 Å². The van der Waals surface area contributed by atoms with Gasteiger partial charge in [-0.15, -0.1) is 0 Å². The van der Waals surface area contributed by atoms with Crippen LogP contribution in [0.4, 0.5) is 4.39 Å². The number of aromatic carboxylic acids is 1. The number of carboxylic acids is 1. The second-order valence-electron chi connectivity index (χ2n) is 8.87. The molecule has 0 saturated carbocycles. The number of fused-ring (bicyclic) bond motifs is 1. The third-order valence-electron chi connectivity index (χ3n) is 6.72. The van der Waals surface area contributed by atoms with Gasteiger partial charge in [-0.1, -0.05) is 36.4 Å². The SMILES string of the molecule is COc1cc([C@@H](C)NCC2CC(c3ccc(C)c(C(=O)O)c3C)c3ccccc3O2)ccc1F. The van der Waals surface area contributed by atoms with Crippen LogP contribution in [0.5, 0.6) is 11.5 Å². The fraction of sp³-hybridized carbons (Fsp3) is 0.321. The average molecular weight is 464 g/mol. The van der Waals surface area contributed by atoms with Gasteiger partial charge in [-0.05, 0) is 67.6 Å². The molecule has 0 aliphatic carbocycles. The Hall–Kier alpha value is -3.38. The first-order chi connectivity index (χ1) is 16.3. The molecular formula is C28H30FNO4. The van der Waals surface area contributed by atoms with Crippen molar-refractivity contribution < 1.29 is 23.8 Å². The van der Waals surface area contributed by atoms with E-state index < -0.39 is 5.97 Å².